The molecule has 0 aliphatic heterocycles. The van der Waals surface area contributed by atoms with Gasteiger partial charge in [-0.2, -0.15) is 0 Å². The highest BCUT2D eigenvalue weighted by Crippen LogP contribution is 2.27. The third-order valence-corrected chi connectivity index (χ3v) is 4.36. The molecule has 0 bridgehead atoms. The average molecular weight is 332 g/mol. The van der Waals surface area contributed by atoms with Crippen molar-refractivity contribution in [1.82, 2.24) is 0 Å². The maximum absolute atomic E-state index is 6.06. The van der Waals surface area contributed by atoms with Crippen molar-refractivity contribution in [1.29, 1.82) is 0 Å². The van der Waals surface area contributed by atoms with Gasteiger partial charge in [0.2, 0.25) is 0 Å². The number of halogens is 1. The Kier molecular flexibility index (Phi) is 9.66. The fourth-order valence-electron chi connectivity index (χ4n) is 3.09. The minimum Gasteiger partial charge on any atom is -0.326 e. The summed E-state index contributed by atoms with van der Waals surface area (Å²) in [5.41, 5.74) is 11.4. The van der Waals surface area contributed by atoms with Crippen LogP contribution in [0, 0.1) is 0 Å². The Morgan fingerprint density at radius 3 is 2.17 bits per heavy atom. The SMILES string of the molecule is CCCCCCCCc1cccc(-c2ccccc2)c1CN.Cl. The number of benzene rings is 2. The summed E-state index contributed by atoms with van der Waals surface area (Å²) in [5.74, 6) is 0. The van der Waals surface area contributed by atoms with Gasteiger partial charge in [-0.1, -0.05) is 87.6 Å². The van der Waals surface area contributed by atoms with Crippen LogP contribution in [0.25, 0.3) is 11.1 Å². The summed E-state index contributed by atoms with van der Waals surface area (Å²) in [6, 6.07) is 17.2. The van der Waals surface area contributed by atoms with E-state index in [0.29, 0.717) is 6.54 Å². The van der Waals surface area contributed by atoms with Crippen LogP contribution in [0.2, 0.25) is 0 Å². The molecule has 0 heterocycles. The number of unbranched alkanes of at least 4 members (excludes halogenated alkanes) is 5. The van der Waals surface area contributed by atoms with E-state index >= 15 is 0 Å². The van der Waals surface area contributed by atoms with E-state index in [-0.39, 0.29) is 12.4 Å². The van der Waals surface area contributed by atoms with Crippen molar-refractivity contribution in [3.05, 3.63) is 59.7 Å². The van der Waals surface area contributed by atoms with E-state index in [1.54, 1.807) is 0 Å². The highest BCUT2D eigenvalue weighted by Gasteiger charge is 2.08. The van der Waals surface area contributed by atoms with E-state index < -0.39 is 0 Å². The zero-order chi connectivity index (χ0) is 15.6. The van der Waals surface area contributed by atoms with Crippen molar-refractivity contribution < 1.29 is 0 Å². The van der Waals surface area contributed by atoms with E-state index in [4.69, 9.17) is 5.73 Å². The Bertz CT molecular complexity index is 551. The summed E-state index contributed by atoms with van der Waals surface area (Å²) >= 11 is 0. The summed E-state index contributed by atoms with van der Waals surface area (Å²) < 4.78 is 0. The summed E-state index contributed by atoms with van der Waals surface area (Å²) in [6.07, 6.45) is 9.19. The summed E-state index contributed by atoms with van der Waals surface area (Å²) in [7, 11) is 0. The second-order valence-corrected chi connectivity index (χ2v) is 6.03. The fraction of sp³-hybridized carbons (Fsp3) is 0.429. The smallest absolute Gasteiger partial charge is 0.0187 e. The van der Waals surface area contributed by atoms with Crippen LogP contribution >= 0.6 is 12.4 Å². The predicted octanol–water partition coefficient (Wildman–Crippen LogP) is 6.14. The molecule has 0 spiro atoms. The molecule has 2 aromatic carbocycles. The molecule has 0 unspecified atom stereocenters. The summed E-state index contributed by atoms with van der Waals surface area (Å²) in [4.78, 5) is 0. The normalized spacial score (nSPS) is 10.3. The van der Waals surface area contributed by atoms with E-state index in [1.807, 2.05) is 0 Å². The van der Waals surface area contributed by atoms with Crippen LogP contribution in [0.5, 0.6) is 0 Å². The first-order valence-electron chi connectivity index (χ1n) is 8.73. The van der Waals surface area contributed by atoms with Crippen LogP contribution in [-0.2, 0) is 13.0 Å². The summed E-state index contributed by atoms with van der Waals surface area (Å²) in [5, 5.41) is 0. The van der Waals surface area contributed by atoms with Crippen molar-refractivity contribution in [3.8, 4) is 11.1 Å². The molecule has 0 saturated carbocycles. The van der Waals surface area contributed by atoms with Gasteiger partial charge in [-0.05, 0) is 35.1 Å². The molecule has 2 N–H and O–H groups in total. The van der Waals surface area contributed by atoms with Crippen molar-refractivity contribution in [2.45, 2.75) is 58.4 Å². The molecule has 0 saturated heterocycles. The van der Waals surface area contributed by atoms with E-state index in [1.165, 1.54) is 60.8 Å². The van der Waals surface area contributed by atoms with Crippen LogP contribution in [-0.4, -0.2) is 0 Å². The number of nitrogens with two attached hydrogens (primary N) is 1. The van der Waals surface area contributed by atoms with Gasteiger partial charge in [-0.15, -0.1) is 12.4 Å². The van der Waals surface area contributed by atoms with Crippen LogP contribution in [0.15, 0.2) is 48.5 Å². The van der Waals surface area contributed by atoms with Gasteiger partial charge in [0.05, 0.1) is 0 Å². The van der Waals surface area contributed by atoms with Crippen LogP contribution in [0.4, 0.5) is 0 Å². The van der Waals surface area contributed by atoms with Crippen LogP contribution in [0.1, 0.15) is 56.6 Å². The lowest BCUT2D eigenvalue weighted by Gasteiger charge is -2.14. The first-order chi connectivity index (χ1) is 10.9. The van der Waals surface area contributed by atoms with Gasteiger partial charge >= 0.3 is 0 Å². The Balaban J connectivity index is 0.00000264. The van der Waals surface area contributed by atoms with E-state index in [2.05, 4.69) is 55.5 Å². The molecule has 2 aromatic rings. The third-order valence-electron chi connectivity index (χ3n) is 4.36. The van der Waals surface area contributed by atoms with E-state index in [9.17, 15) is 0 Å². The molecule has 2 heteroatoms. The molecule has 1 nitrogen and oxygen atoms in total. The average Bonchev–Trinajstić information content (AvgIpc) is 2.58. The molecule has 0 amide bonds. The number of hydrogen-bond donors (Lipinski definition) is 1. The quantitative estimate of drug-likeness (QED) is 0.549. The molecular formula is C21H30ClN. The van der Waals surface area contributed by atoms with Gasteiger partial charge in [0.15, 0.2) is 0 Å². The van der Waals surface area contributed by atoms with Gasteiger partial charge in [-0.25, -0.2) is 0 Å². The largest absolute Gasteiger partial charge is 0.326 e. The van der Waals surface area contributed by atoms with Crippen molar-refractivity contribution >= 4 is 12.4 Å². The molecule has 0 radical (unpaired) electrons. The first-order valence-corrected chi connectivity index (χ1v) is 8.73. The highest BCUT2D eigenvalue weighted by molar-refractivity contribution is 5.85. The topological polar surface area (TPSA) is 26.0 Å². The molecule has 0 aliphatic rings. The van der Waals surface area contributed by atoms with Gasteiger partial charge in [0.1, 0.15) is 0 Å². The molecule has 0 aromatic heterocycles. The Labute approximate surface area is 147 Å². The standard InChI is InChI=1S/C21H29N.ClH/c1-2-3-4-5-6-8-14-19-15-11-16-20(21(19)17-22)18-12-9-7-10-13-18;/h7,9-13,15-16H,2-6,8,14,17,22H2,1H3;1H. The minimum absolute atomic E-state index is 0. The number of hydrogen-bond acceptors (Lipinski definition) is 1. The molecule has 0 atom stereocenters. The lowest BCUT2D eigenvalue weighted by Crippen LogP contribution is -2.04. The molecule has 0 aliphatic carbocycles. The second-order valence-electron chi connectivity index (χ2n) is 6.03. The first kappa shape index (κ1) is 19.7. The summed E-state index contributed by atoms with van der Waals surface area (Å²) in [6.45, 7) is 2.89. The van der Waals surface area contributed by atoms with Gasteiger partial charge in [0, 0.05) is 6.54 Å². The Hall–Kier alpha value is -1.31. The maximum Gasteiger partial charge on any atom is 0.0187 e. The van der Waals surface area contributed by atoms with Crippen molar-refractivity contribution in [2.24, 2.45) is 5.73 Å². The van der Waals surface area contributed by atoms with E-state index in [0.717, 1.165) is 6.42 Å². The third kappa shape index (κ3) is 6.01. The van der Waals surface area contributed by atoms with Crippen LogP contribution < -0.4 is 5.73 Å². The molecule has 23 heavy (non-hydrogen) atoms. The maximum atomic E-state index is 6.06. The lowest BCUT2D eigenvalue weighted by molar-refractivity contribution is 0.606. The lowest BCUT2D eigenvalue weighted by atomic mass is 9.92. The van der Waals surface area contributed by atoms with Crippen LogP contribution in [0.3, 0.4) is 0 Å². The van der Waals surface area contributed by atoms with Gasteiger partial charge in [0.25, 0.3) is 0 Å². The second kappa shape index (κ2) is 11.3. The molecular weight excluding hydrogens is 302 g/mol. The van der Waals surface area contributed by atoms with Crippen molar-refractivity contribution in [2.75, 3.05) is 0 Å². The number of rotatable bonds is 9. The zero-order valence-electron chi connectivity index (χ0n) is 14.3. The molecule has 126 valence electrons. The molecule has 2 rings (SSSR count). The predicted molar refractivity (Wildman–Crippen MR) is 104 cm³/mol. The number of aryl methyl sites for hydroxylation is 1. The monoisotopic (exact) mass is 331 g/mol. The Morgan fingerprint density at radius 2 is 1.48 bits per heavy atom. The zero-order valence-corrected chi connectivity index (χ0v) is 15.1. The van der Waals surface area contributed by atoms with Gasteiger partial charge in [-0.3, -0.25) is 0 Å². The minimum atomic E-state index is 0. The fourth-order valence-corrected chi connectivity index (χ4v) is 3.09. The Morgan fingerprint density at radius 1 is 0.783 bits per heavy atom. The molecule has 0 fully saturated rings. The highest BCUT2D eigenvalue weighted by atomic mass is 35.5. The van der Waals surface area contributed by atoms with Gasteiger partial charge < -0.3 is 5.73 Å². The van der Waals surface area contributed by atoms with Crippen molar-refractivity contribution in [3.63, 3.8) is 0 Å².